The van der Waals surface area contributed by atoms with Crippen molar-refractivity contribution in [1.29, 1.82) is 0 Å². The summed E-state index contributed by atoms with van der Waals surface area (Å²) in [7, 11) is 3.67. The molecule has 0 saturated heterocycles. The van der Waals surface area contributed by atoms with Crippen LogP contribution in [-0.4, -0.2) is 39.5 Å². The fourth-order valence-electron chi connectivity index (χ4n) is 3.06. The average Bonchev–Trinajstić information content (AvgIpc) is 2.99. The summed E-state index contributed by atoms with van der Waals surface area (Å²) >= 11 is 0. The minimum atomic E-state index is 0.424. The second kappa shape index (κ2) is 5.36. The third kappa shape index (κ3) is 2.35. The minimum Gasteiger partial charge on any atom is -0.384 e. The van der Waals surface area contributed by atoms with Gasteiger partial charge in [0.15, 0.2) is 5.65 Å². The number of hydrogen-bond acceptors (Lipinski definition) is 5. The molecule has 1 N–H and O–H groups in total. The highest BCUT2D eigenvalue weighted by molar-refractivity contribution is 5.86. The molecule has 1 fully saturated rings. The van der Waals surface area contributed by atoms with E-state index in [1.807, 2.05) is 20.2 Å². The molecule has 3 rings (SSSR count). The van der Waals surface area contributed by atoms with E-state index in [4.69, 9.17) is 4.74 Å². The molecule has 1 aliphatic rings. The molecule has 0 aliphatic heterocycles. The van der Waals surface area contributed by atoms with Crippen LogP contribution in [0.4, 0.5) is 5.82 Å². The Morgan fingerprint density at radius 1 is 1.40 bits per heavy atom. The fourth-order valence-corrected chi connectivity index (χ4v) is 3.06. The number of rotatable bonds is 4. The molecule has 2 aromatic rings. The molecule has 0 radical (unpaired) electrons. The van der Waals surface area contributed by atoms with Crippen molar-refractivity contribution in [2.24, 2.45) is 13.0 Å². The van der Waals surface area contributed by atoms with Gasteiger partial charge in [-0.1, -0.05) is 6.42 Å². The largest absolute Gasteiger partial charge is 0.384 e. The topological polar surface area (TPSA) is 64.9 Å². The summed E-state index contributed by atoms with van der Waals surface area (Å²) in [6, 6.07) is 0.424. The van der Waals surface area contributed by atoms with E-state index in [2.05, 4.69) is 20.4 Å². The lowest BCUT2D eigenvalue weighted by atomic mass is 10.1. The van der Waals surface area contributed by atoms with Crippen LogP contribution in [-0.2, 0) is 11.8 Å². The molecule has 0 bridgehead atoms. The summed E-state index contributed by atoms with van der Waals surface area (Å²) in [4.78, 5) is 9.01. The van der Waals surface area contributed by atoms with Gasteiger partial charge in [-0.15, -0.1) is 0 Å². The maximum Gasteiger partial charge on any atom is 0.163 e. The number of nitrogens with zero attached hydrogens (tertiary/aromatic N) is 4. The molecular weight excluding hydrogens is 254 g/mol. The Labute approximate surface area is 118 Å². The van der Waals surface area contributed by atoms with Crippen LogP contribution >= 0.6 is 0 Å². The number of aromatic nitrogens is 4. The zero-order valence-electron chi connectivity index (χ0n) is 12.3. The quantitative estimate of drug-likeness (QED) is 0.923. The van der Waals surface area contributed by atoms with Crippen LogP contribution in [0.5, 0.6) is 0 Å². The molecule has 2 atom stereocenters. The second-order valence-electron chi connectivity index (χ2n) is 5.52. The first-order valence-electron chi connectivity index (χ1n) is 7.11. The molecule has 0 unspecified atom stereocenters. The fraction of sp³-hybridized carbons (Fsp3) is 0.643. The average molecular weight is 275 g/mol. The van der Waals surface area contributed by atoms with Crippen LogP contribution in [0.2, 0.25) is 0 Å². The molecule has 0 aromatic carbocycles. The van der Waals surface area contributed by atoms with Gasteiger partial charge in [0.05, 0.1) is 18.2 Å². The zero-order valence-corrected chi connectivity index (χ0v) is 12.3. The lowest BCUT2D eigenvalue weighted by Gasteiger charge is -2.21. The van der Waals surface area contributed by atoms with Crippen molar-refractivity contribution in [2.45, 2.75) is 32.2 Å². The van der Waals surface area contributed by atoms with E-state index in [1.54, 1.807) is 11.8 Å². The normalized spacial score (nSPS) is 22.6. The van der Waals surface area contributed by atoms with Gasteiger partial charge in [-0.25, -0.2) is 9.97 Å². The first-order chi connectivity index (χ1) is 9.69. The van der Waals surface area contributed by atoms with Crippen molar-refractivity contribution in [2.75, 3.05) is 19.0 Å². The zero-order chi connectivity index (χ0) is 14.1. The predicted octanol–water partition coefficient (Wildman–Crippen LogP) is 1.90. The Bertz CT molecular complexity index is 609. The first-order valence-corrected chi connectivity index (χ1v) is 7.11. The van der Waals surface area contributed by atoms with Crippen LogP contribution in [0.25, 0.3) is 11.0 Å². The lowest BCUT2D eigenvalue weighted by molar-refractivity contribution is 0.150. The summed E-state index contributed by atoms with van der Waals surface area (Å²) in [6.07, 6.45) is 5.45. The molecule has 2 heterocycles. The summed E-state index contributed by atoms with van der Waals surface area (Å²) in [5.41, 5.74) is 0.876. The Hall–Kier alpha value is -1.69. The van der Waals surface area contributed by atoms with Gasteiger partial charge < -0.3 is 10.1 Å². The maximum atomic E-state index is 5.32. The maximum absolute atomic E-state index is 5.32. The van der Waals surface area contributed by atoms with Crippen LogP contribution in [0, 0.1) is 12.8 Å². The van der Waals surface area contributed by atoms with Gasteiger partial charge in [0.25, 0.3) is 0 Å². The molecule has 0 spiro atoms. The smallest absolute Gasteiger partial charge is 0.163 e. The molecule has 0 amide bonds. The van der Waals surface area contributed by atoms with Crippen molar-refractivity contribution in [3.8, 4) is 0 Å². The number of fused-ring (bicyclic) bond motifs is 1. The number of methoxy groups -OCH3 is 1. The van der Waals surface area contributed by atoms with E-state index >= 15 is 0 Å². The first kappa shape index (κ1) is 13.3. The summed E-state index contributed by atoms with van der Waals surface area (Å²) in [6.45, 7) is 2.72. The highest BCUT2D eigenvalue weighted by atomic mass is 16.5. The number of nitrogens with one attached hydrogen (secondary N) is 1. The number of hydrogen-bond donors (Lipinski definition) is 1. The standard InChI is InChI=1S/C14H21N5O/c1-9-16-13(11-7-15-19(2)14(11)17-9)18-12-6-4-5-10(12)8-20-3/h7,10,12H,4-6,8H2,1-3H3,(H,16,17,18)/t10-,12-/m1/s1. The summed E-state index contributed by atoms with van der Waals surface area (Å²) in [5.74, 6) is 2.22. The van der Waals surface area contributed by atoms with Crippen molar-refractivity contribution in [3.05, 3.63) is 12.0 Å². The molecule has 6 nitrogen and oxygen atoms in total. The monoisotopic (exact) mass is 275 g/mol. The third-order valence-electron chi connectivity index (χ3n) is 4.07. The number of ether oxygens (including phenoxy) is 1. The van der Waals surface area contributed by atoms with Crippen LogP contribution in [0.1, 0.15) is 25.1 Å². The van der Waals surface area contributed by atoms with Gasteiger partial charge in [-0.3, -0.25) is 4.68 Å². The van der Waals surface area contributed by atoms with Gasteiger partial charge >= 0.3 is 0 Å². The SMILES string of the molecule is COC[C@H]1CCC[C@H]1Nc1nc(C)nc2c1cnn2C. The Balaban J connectivity index is 1.90. The Kier molecular flexibility index (Phi) is 3.56. The van der Waals surface area contributed by atoms with E-state index in [1.165, 1.54) is 19.3 Å². The molecule has 6 heteroatoms. The van der Waals surface area contributed by atoms with E-state index in [0.29, 0.717) is 12.0 Å². The molecule has 1 saturated carbocycles. The number of aryl methyl sites for hydroxylation is 2. The van der Waals surface area contributed by atoms with Crippen molar-refractivity contribution in [3.63, 3.8) is 0 Å². The Morgan fingerprint density at radius 3 is 3.05 bits per heavy atom. The van der Waals surface area contributed by atoms with Crippen LogP contribution in [0.3, 0.4) is 0 Å². The Morgan fingerprint density at radius 2 is 2.25 bits per heavy atom. The van der Waals surface area contributed by atoms with Crippen LogP contribution in [0.15, 0.2) is 6.20 Å². The van der Waals surface area contributed by atoms with Crippen LogP contribution < -0.4 is 5.32 Å². The molecule has 1 aliphatic carbocycles. The van der Waals surface area contributed by atoms with E-state index in [9.17, 15) is 0 Å². The predicted molar refractivity (Wildman–Crippen MR) is 77.7 cm³/mol. The lowest BCUT2D eigenvalue weighted by Crippen LogP contribution is -2.27. The second-order valence-corrected chi connectivity index (χ2v) is 5.52. The molecule has 2 aromatic heterocycles. The molecule has 108 valence electrons. The third-order valence-corrected chi connectivity index (χ3v) is 4.07. The van der Waals surface area contributed by atoms with Gasteiger partial charge in [-0.2, -0.15) is 5.10 Å². The van der Waals surface area contributed by atoms with Gasteiger partial charge in [0.1, 0.15) is 11.6 Å². The van der Waals surface area contributed by atoms with Crippen molar-refractivity contribution < 1.29 is 4.74 Å². The molecule has 20 heavy (non-hydrogen) atoms. The van der Waals surface area contributed by atoms with Gasteiger partial charge in [0, 0.05) is 26.1 Å². The molecular formula is C14H21N5O. The highest BCUT2D eigenvalue weighted by Crippen LogP contribution is 2.30. The van der Waals surface area contributed by atoms with Crippen molar-refractivity contribution in [1.82, 2.24) is 19.7 Å². The highest BCUT2D eigenvalue weighted by Gasteiger charge is 2.28. The van der Waals surface area contributed by atoms with Crippen molar-refractivity contribution >= 4 is 16.9 Å². The summed E-state index contributed by atoms with van der Waals surface area (Å²) in [5, 5.41) is 8.85. The minimum absolute atomic E-state index is 0.424. The van der Waals surface area contributed by atoms with E-state index in [0.717, 1.165) is 29.3 Å². The van der Waals surface area contributed by atoms with E-state index in [-0.39, 0.29) is 0 Å². The summed E-state index contributed by atoms with van der Waals surface area (Å²) < 4.78 is 7.11. The van der Waals surface area contributed by atoms with Gasteiger partial charge in [0.2, 0.25) is 0 Å². The number of anilines is 1. The van der Waals surface area contributed by atoms with Gasteiger partial charge in [-0.05, 0) is 19.8 Å². The van der Waals surface area contributed by atoms with E-state index < -0.39 is 0 Å².